The van der Waals surface area contributed by atoms with Crippen LogP contribution in [0, 0.1) is 5.41 Å². The summed E-state index contributed by atoms with van der Waals surface area (Å²) in [6, 6.07) is 6.23. The van der Waals surface area contributed by atoms with Gasteiger partial charge in [-0.25, -0.2) is 0 Å². The molecule has 3 nitrogen and oxygen atoms in total. The smallest absolute Gasteiger partial charge is 0.0559 e. The zero-order chi connectivity index (χ0) is 11.2. The van der Waals surface area contributed by atoms with Crippen molar-refractivity contribution >= 4 is 11.4 Å². The molecule has 3 rings (SSSR count). The fourth-order valence-electron chi connectivity index (χ4n) is 2.69. The molecule has 86 valence electrons. The third-order valence-electron chi connectivity index (χ3n) is 3.63. The first-order chi connectivity index (χ1) is 7.68. The number of hydrogen-bond acceptors (Lipinski definition) is 3. The Kier molecular flexibility index (Phi) is 2.11. The molecular formula is C13H18N2O. The third kappa shape index (κ3) is 1.47. The van der Waals surface area contributed by atoms with E-state index in [0.29, 0.717) is 5.41 Å². The molecule has 0 amide bonds. The summed E-state index contributed by atoms with van der Waals surface area (Å²) in [4.78, 5) is 2.45. The van der Waals surface area contributed by atoms with Gasteiger partial charge in [0.2, 0.25) is 0 Å². The molecule has 2 aliphatic rings. The highest BCUT2D eigenvalue weighted by Gasteiger charge is 2.36. The second-order valence-electron chi connectivity index (χ2n) is 5.32. The van der Waals surface area contributed by atoms with E-state index in [9.17, 15) is 0 Å². The van der Waals surface area contributed by atoms with Crippen molar-refractivity contribution in [3.05, 3.63) is 23.8 Å². The molecule has 0 atom stereocenters. The SMILES string of the molecule is CC1(CN2CCc3c(N)cccc32)COC1. The molecule has 2 aliphatic heterocycles. The Hall–Kier alpha value is -1.22. The first-order valence-electron chi connectivity index (χ1n) is 5.88. The van der Waals surface area contributed by atoms with Crippen molar-refractivity contribution in [3.63, 3.8) is 0 Å². The first kappa shape index (κ1) is 9.97. The molecule has 0 unspecified atom stereocenters. The van der Waals surface area contributed by atoms with Gasteiger partial charge in [0, 0.05) is 35.4 Å². The largest absolute Gasteiger partial charge is 0.398 e. The van der Waals surface area contributed by atoms with Crippen molar-refractivity contribution in [1.29, 1.82) is 0 Å². The molecule has 1 aromatic carbocycles. The van der Waals surface area contributed by atoms with Crippen LogP contribution >= 0.6 is 0 Å². The first-order valence-corrected chi connectivity index (χ1v) is 5.88. The molecule has 0 aromatic heterocycles. The topological polar surface area (TPSA) is 38.5 Å². The van der Waals surface area contributed by atoms with Gasteiger partial charge in [-0.1, -0.05) is 13.0 Å². The molecule has 0 bridgehead atoms. The van der Waals surface area contributed by atoms with Crippen LogP contribution in [0.15, 0.2) is 18.2 Å². The summed E-state index contributed by atoms with van der Waals surface area (Å²) in [7, 11) is 0. The van der Waals surface area contributed by atoms with Gasteiger partial charge in [-0.3, -0.25) is 0 Å². The summed E-state index contributed by atoms with van der Waals surface area (Å²) in [6.45, 7) is 6.26. The average molecular weight is 218 g/mol. The van der Waals surface area contributed by atoms with Crippen molar-refractivity contribution in [2.45, 2.75) is 13.3 Å². The summed E-state index contributed by atoms with van der Waals surface area (Å²) in [5, 5.41) is 0. The maximum absolute atomic E-state index is 5.99. The fourth-order valence-corrected chi connectivity index (χ4v) is 2.69. The predicted octanol–water partition coefficient (Wildman–Crippen LogP) is 1.67. The molecule has 3 heteroatoms. The molecular weight excluding hydrogens is 200 g/mol. The van der Waals surface area contributed by atoms with Crippen LogP contribution in [-0.4, -0.2) is 26.3 Å². The summed E-state index contributed by atoms with van der Waals surface area (Å²) in [5.74, 6) is 0. The van der Waals surface area contributed by atoms with Gasteiger partial charge < -0.3 is 15.4 Å². The van der Waals surface area contributed by atoms with Gasteiger partial charge in [0.1, 0.15) is 0 Å². The van der Waals surface area contributed by atoms with Crippen molar-refractivity contribution < 1.29 is 4.74 Å². The summed E-state index contributed by atoms with van der Waals surface area (Å²) in [5.41, 5.74) is 9.92. The number of rotatable bonds is 2. The molecule has 0 aliphatic carbocycles. The van der Waals surface area contributed by atoms with E-state index in [-0.39, 0.29) is 0 Å². The molecule has 16 heavy (non-hydrogen) atoms. The van der Waals surface area contributed by atoms with Crippen LogP contribution in [0.2, 0.25) is 0 Å². The van der Waals surface area contributed by atoms with Crippen LogP contribution in [0.4, 0.5) is 11.4 Å². The lowest BCUT2D eigenvalue weighted by atomic mass is 9.88. The van der Waals surface area contributed by atoms with E-state index < -0.39 is 0 Å². The van der Waals surface area contributed by atoms with Crippen LogP contribution in [-0.2, 0) is 11.2 Å². The highest BCUT2D eigenvalue weighted by atomic mass is 16.5. The number of nitrogen functional groups attached to an aromatic ring is 1. The zero-order valence-electron chi connectivity index (χ0n) is 9.70. The second-order valence-corrected chi connectivity index (χ2v) is 5.32. The Labute approximate surface area is 96.2 Å². The highest BCUT2D eigenvalue weighted by Crippen LogP contribution is 2.36. The van der Waals surface area contributed by atoms with Gasteiger partial charge in [0.15, 0.2) is 0 Å². The van der Waals surface area contributed by atoms with Gasteiger partial charge in [-0.05, 0) is 18.6 Å². The standard InChI is InChI=1S/C13H18N2O/c1-13(8-16-9-13)7-15-6-5-10-11(14)3-2-4-12(10)15/h2-4H,5-9,14H2,1H3. The van der Waals surface area contributed by atoms with E-state index in [4.69, 9.17) is 10.5 Å². The number of ether oxygens (including phenoxy) is 1. The van der Waals surface area contributed by atoms with E-state index in [1.165, 1.54) is 11.3 Å². The van der Waals surface area contributed by atoms with E-state index in [1.807, 2.05) is 12.1 Å². The normalized spacial score (nSPS) is 21.7. The molecule has 1 aromatic rings. The minimum Gasteiger partial charge on any atom is -0.398 e. The van der Waals surface area contributed by atoms with E-state index in [0.717, 1.165) is 38.4 Å². The molecule has 0 radical (unpaired) electrons. The van der Waals surface area contributed by atoms with Crippen LogP contribution in [0.1, 0.15) is 12.5 Å². The lowest BCUT2D eigenvalue weighted by molar-refractivity contribution is -0.0954. The fraction of sp³-hybridized carbons (Fsp3) is 0.538. The lowest BCUT2D eigenvalue weighted by Crippen LogP contribution is -2.48. The number of nitrogens with two attached hydrogens (primary N) is 1. The second kappa shape index (κ2) is 3.39. The molecule has 2 heterocycles. The Morgan fingerprint density at radius 3 is 2.94 bits per heavy atom. The van der Waals surface area contributed by atoms with Crippen LogP contribution < -0.4 is 10.6 Å². The Morgan fingerprint density at radius 2 is 2.25 bits per heavy atom. The van der Waals surface area contributed by atoms with Crippen molar-refractivity contribution in [2.24, 2.45) is 5.41 Å². The molecule has 2 N–H and O–H groups in total. The summed E-state index contributed by atoms with van der Waals surface area (Å²) >= 11 is 0. The minimum absolute atomic E-state index is 0.339. The van der Waals surface area contributed by atoms with Crippen molar-refractivity contribution in [3.8, 4) is 0 Å². The lowest BCUT2D eigenvalue weighted by Gasteiger charge is -2.41. The number of fused-ring (bicyclic) bond motifs is 1. The molecule has 1 fully saturated rings. The maximum Gasteiger partial charge on any atom is 0.0559 e. The van der Waals surface area contributed by atoms with Crippen LogP contribution in [0.5, 0.6) is 0 Å². The Bertz CT molecular complexity index is 412. The number of nitrogens with zero attached hydrogens (tertiary/aromatic N) is 1. The third-order valence-corrected chi connectivity index (χ3v) is 3.63. The maximum atomic E-state index is 5.99. The van der Waals surface area contributed by atoms with Gasteiger partial charge in [-0.15, -0.1) is 0 Å². The molecule has 0 spiro atoms. The van der Waals surface area contributed by atoms with E-state index >= 15 is 0 Å². The van der Waals surface area contributed by atoms with Gasteiger partial charge in [-0.2, -0.15) is 0 Å². The summed E-state index contributed by atoms with van der Waals surface area (Å²) < 4.78 is 5.31. The van der Waals surface area contributed by atoms with Crippen LogP contribution in [0.25, 0.3) is 0 Å². The average Bonchev–Trinajstić information content (AvgIpc) is 2.61. The summed E-state index contributed by atoms with van der Waals surface area (Å²) in [6.07, 6.45) is 1.08. The minimum atomic E-state index is 0.339. The quantitative estimate of drug-likeness (QED) is 0.767. The molecule has 0 saturated carbocycles. The zero-order valence-corrected chi connectivity index (χ0v) is 9.70. The number of anilines is 2. The van der Waals surface area contributed by atoms with Gasteiger partial charge >= 0.3 is 0 Å². The van der Waals surface area contributed by atoms with Crippen molar-refractivity contribution in [1.82, 2.24) is 0 Å². The monoisotopic (exact) mass is 218 g/mol. The predicted molar refractivity (Wildman–Crippen MR) is 65.7 cm³/mol. The van der Waals surface area contributed by atoms with Gasteiger partial charge in [0.25, 0.3) is 0 Å². The number of hydrogen-bond donors (Lipinski definition) is 1. The highest BCUT2D eigenvalue weighted by molar-refractivity contribution is 5.68. The van der Waals surface area contributed by atoms with Crippen molar-refractivity contribution in [2.75, 3.05) is 36.9 Å². The molecule has 1 saturated heterocycles. The van der Waals surface area contributed by atoms with Crippen LogP contribution in [0.3, 0.4) is 0 Å². The van der Waals surface area contributed by atoms with Gasteiger partial charge in [0.05, 0.1) is 13.2 Å². The van der Waals surface area contributed by atoms with E-state index in [2.05, 4.69) is 17.9 Å². The number of benzene rings is 1. The van der Waals surface area contributed by atoms with E-state index in [1.54, 1.807) is 0 Å². The Morgan fingerprint density at radius 1 is 1.44 bits per heavy atom. The Balaban J connectivity index is 1.83.